The molecule has 1 amide bonds. The molecule has 2 aromatic rings. The van der Waals surface area contributed by atoms with Crippen molar-refractivity contribution < 1.29 is 23.8 Å². The third kappa shape index (κ3) is 4.10. The van der Waals surface area contributed by atoms with Crippen molar-refractivity contribution in [2.75, 3.05) is 6.61 Å². The van der Waals surface area contributed by atoms with Crippen LogP contribution in [0.2, 0.25) is 0 Å². The SMILES string of the molecule is C[C@H](NC(=O)COC(=O)c1ccc(O)cc1)c1ccco1. The van der Waals surface area contributed by atoms with Crippen molar-refractivity contribution in [2.24, 2.45) is 0 Å². The summed E-state index contributed by atoms with van der Waals surface area (Å²) in [6.45, 7) is 1.38. The topological polar surface area (TPSA) is 88.8 Å². The molecule has 6 heteroatoms. The average molecular weight is 289 g/mol. The number of esters is 1. The average Bonchev–Trinajstić information content (AvgIpc) is 3.00. The number of nitrogens with one attached hydrogen (secondary N) is 1. The van der Waals surface area contributed by atoms with E-state index < -0.39 is 11.9 Å². The molecule has 21 heavy (non-hydrogen) atoms. The fourth-order valence-corrected chi connectivity index (χ4v) is 1.70. The van der Waals surface area contributed by atoms with E-state index in [9.17, 15) is 9.59 Å². The van der Waals surface area contributed by atoms with Gasteiger partial charge in [0.25, 0.3) is 5.91 Å². The molecule has 2 rings (SSSR count). The lowest BCUT2D eigenvalue weighted by Gasteiger charge is -2.11. The van der Waals surface area contributed by atoms with Crippen LogP contribution in [0.3, 0.4) is 0 Å². The summed E-state index contributed by atoms with van der Waals surface area (Å²) in [6, 6.07) is 8.74. The van der Waals surface area contributed by atoms with Gasteiger partial charge in [-0.05, 0) is 43.3 Å². The number of amides is 1. The van der Waals surface area contributed by atoms with Gasteiger partial charge in [-0.15, -0.1) is 0 Å². The maximum Gasteiger partial charge on any atom is 0.338 e. The van der Waals surface area contributed by atoms with Crippen LogP contribution in [-0.2, 0) is 9.53 Å². The molecule has 1 aromatic heterocycles. The third-order valence-corrected chi connectivity index (χ3v) is 2.78. The summed E-state index contributed by atoms with van der Waals surface area (Å²) in [4.78, 5) is 23.3. The summed E-state index contributed by atoms with van der Waals surface area (Å²) in [7, 11) is 0. The Labute approximate surface area is 121 Å². The Balaban J connectivity index is 1.81. The van der Waals surface area contributed by atoms with Crippen LogP contribution < -0.4 is 5.32 Å². The predicted octanol–water partition coefficient (Wildman–Crippen LogP) is 2.02. The van der Waals surface area contributed by atoms with Gasteiger partial charge in [0.1, 0.15) is 11.5 Å². The van der Waals surface area contributed by atoms with Gasteiger partial charge >= 0.3 is 5.97 Å². The maximum absolute atomic E-state index is 11.7. The number of hydrogen-bond donors (Lipinski definition) is 2. The standard InChI is InChI=1S/C15H15NO5/c1-10(13-3-2-8-20-13)16-14(18)9-21-15(19)11-4-6-12(17)7-5-11/h2-8,10,17H,9H2,1H3,(H,16,18)/t10-/m0/s1. The van der Waals surface area contributed by atoms with Gasteiger partial charge in [0.2, 0.25) is 0 Å². The lowest BCUT2D eigenvalue weighted by molar-refractivity contribution is -0.125. The molecular formula is C15H15NO5. The largest absolute Gasteiger partial charge is 0.508 e. The van der Waals surface area contributed by atoms with Crippen LogP contribution in [0.25, 0.3) is 0 Å². The maximum atomic E-state index is 11.7. The van der Waals surface area contributed by atoms with Crippen molar-refractivity contribution in [3.05, 3.63) is 54.0 Å². The molecule has 1 atom stereocenters. The highest BCUT2D eigenvalue weighted by molar-refractivity contribution is 5.91. The van der Waals surface area contributed by atoms with Crippen LogP contribution in [0.4, 0.5) is 0 Å². The highest BCUT2D eigenvalue weighted by Crippen LogP contribution is 2.12. The van der Waals surface area contributed by atoms with Crippen LogP contribution in [0.15, 0.2) is 47.1 Å². The van der Waals surface area contributed by atoms with Crippen molar-refractivity contribution in [1.29, 1.82) is 0 Å². The number of benzene rings is 1. The second-order valence-corrected chi connectivity index (χ2v) is 4.43. The number of hydrogen-bond acceptors (Lipinski definition) is 5. The first-order valence-electron chi connectivity index (χ1n) is 6.35. The molecule has 0 spiro atoms. The second kappa shape index (κ2) is 6.60. The minimum atomic E-state index is -0.629. The van der Waals surface area contributed by atoms with Crippen LogP contribution in [0, 0.1) is 0 Å². The fourth-order valence-electron chi connectivity index (χ4n) is 1.70. The molecule has 110 valence electrons. The summed E-state index contributed by atoms with van der Waals surface area (Å²) >= 11 is 0. The van der Waals surface area contributed by atoms with Gasteiger partial charge in [-0.1, -0.05) is 0 Å². The van der Waals surface area contributed by atoms with E-state index in [-0.39, 0.29) is 24.0 Å². The van der Waals surface area contributed by atoms with Crippen molar-refractivity contribution >= 4 is 11.9 Å². The number of carbonyl (C=O) groups is 2. The Hall–Kier alpha value is -2.76. The molecule has 1 aromatic carbocycles. The number of phenolic OH excluding ortho intramolecular Hbond substituents is 1. The molecular weight excluding hydrogens is 274 g/mol. The zero-order valence-corrected chi connectivity index (χ0v) is 11.4. The molecule has 0 unspecified atom stereocenters. The molecule has 0 fully saturated rings. The number of ether oxygens (including phenoxy) is 1. The van der Waals surface area contributed by atoms with Crippen molar-refractivity contribution in [3.63, 3.8) is 0 Å². The number of rotatable bonds is 5. The summed E-state index contributed by atoms with van der Waals surface area (Å²) in [5.74, 6) is -0.383. The van der Waals surface area contributed by atoms with E-state index in [4.69, 9.17) is 14.3 Å². The Morgan fingerprint density at radius 1 is 1.29 bits per heavy atom. The van der Waals surface area contributed by atoms with E-state index in [1.165, 1.54) is 30.5 Å². The van der Waals surface area contributed by atoms with Gasteiger partial charge in [-0.2, -0.15) is 0 Å². The first-order valence-corrected chi connectivity index (χ1v) is 6.35. The fraction of sp³-hybridized carbons (Fsp3) is 0.200. The van der Waals surface area contributed by atoms with Crippen LogP contribution in [-0.4, -0.2) is 23.6 Å². The minimum Gasteiger partial charge on any atom is -0.508 e. The van der Waals surface area contributed by atoms with Crippen LogP contribution >= 0.6 is 0 Å². The normalized spacial score (nSPS) is 11.7. The summed E-state index contributed by atoms with van der Waals surface area (Å²) in [5, 5.41) is 11.8. The minimum absolute atomic E-state index is 0.0524. The molecule has 0 saturated heterocycles. The van der Waals surface area contributed by atoms with Crippen LogP contribution in [0.5, 0.6) is 5.75 Å². The second-order valence-electron chi connectivity index (χ2n) is 4.43. The van der Waals surface area contributed by atoms with E-state index in [0.29, 0.717) is 5.76 Å². The van der Waals surface area contributed by atoms with Gasteiger partial charge in [-0.3, -0.25) is 4.79 Å². The molecule has 6 nitrogen and oxygen atoms in total. The lowest BCUT2D eigenvalue weighted by Crippen LogP contribution is -2.30. The zero-order chi connectivity index (χ0) is 15.2. The number of aromatic hydroxyl groups is 1. The Morgan fingerprint density at radius 3 is 2.62 bits per heavy atom. The quantitative estimate of drug-likeness (QED) is 0.822. The molecule has 0 bridgehead atoms. The lowest BCUT2D eigenvalue weighted by atomic mass is 10.2. The predicted molar refractivity (Wildman–Crippen MR) is 73.7 cm³/mol. The summed E-state index contributed by atoms with van der Waals surface area (Å²) in [5.41, 5.74) is 0.264. The molecule has 0 aliphatic heterocycles. The van der Waals surface area contributed by atoms with Gasteiger partial charge < -0.3 is 19.6 Å². The van der Waals surface area contributed by atoms with E-state index in [1.54, 1.807) is 19.1 Å². The third-order valence-electron chi connectivity index (χ3n) is 2.78. The van der Waals surface area contributed by atoms with E-state index in [0.717, 1.165) is 0 Å². The zero-order valence-electron chi connectivity index (χ0n) is 11.4. The smallest absolute Gasteiger partial charge is 0.338 e. The summed E-state index contributed by atoms with van der Waals surface area (Å²) < 4.78 is 10.0. The number of phenols is 1. The van der Waals surface area contributed by atoms with Gasteiger partial charge in [0, 0.05) is 0 Å². The Morgan fingerprint density at radius 2 is 2.00 bits per heavy atom. The molecule has 0 aliphatic carbocycles. The first-order chi connectivity index (χ1) is 10.1. The molecule has 0 aliphatic rings. The van der Waals surface area contributed by atoms with Gasteiger partial charge in [0.05, 0.1) is 17.9 Å². The van der Waals surface area contributed by atoms with E-state index >= 15 is 0 Å². The van der Waals surface area contributed by atoms with E-state index in [1.807, 2.05) is 0 Å². The monoisotopic (exact) mass is 289 g/mol. The number of carbonyl (C=O) groups excluding carboxylic acids is 2. The van der Waals surface area contributed by atoms with Crippen molar-refractivity contribution in [3.8, 4) is 5.75 Å². The highest BCUT2D eigenvalue weighted by atomic mass is 16.5. The van der Waals surface area contributed by atoms with Crippen molar-refractivity contribution in [1.82, 2.24) is 5.32 Å². The Kier molecular flexibility index (Phi) is 4.61. The van der Waals surface area contributed by atoms with Gasteiger partial charge in [0.15, 0.2) is 6.61 Å². The van der Waals surface area contributed by atoms with Crippen LogP contribution in [0.1, 0.15) is 29.1 Å². The molecule has 0 saturated carbocycles. The summed E-state index contributed by atoms with van der Waals surface area (Å²) in [6.07, 6.45) is 1.52. The highest BCUT2D eigenvalue weighted by Gasteiger charge is 2.14. The number of furan rings is 1. The first kappa shape index (κ1) is 14.6. The van der Waals surface area contributed by atoms with Gasteiger partial charge in [-0.25, -0.2) is 4.79 Å². The molecule has 2 N–H and O–H groups in total. The van der Waals surface area contributed by atoms with E-state index in [2.05, 4.69) is 5.32 Å². The van der Waals surface area contributed by atoms with Crippen molar-refractivity contribution in [2.45, 2.75) is 13.0 Å². The molecule has 0 radical (unpaired) electrons. The Bertz CT molecular complexity index is 604. The molecule has 1 heterocycles.